The number of nitrogens with two attached hydrogens (primary N) is 1. The topological polar surface area (TPSA) is 92.5 Å². The van der Waals surface area contributed by atoms with E-state index < -0.39 is 17.9 Å². The van der Waals surface area contributed by atoms with Crippen LogP contribution in [0, 0.1) is 5.92 Å². The van der Waals surface area contributed by atoms with E-state index in [9.17, 15) is 14.4 Å². The third kappa shape index (κ3) is 2.33. The molecule has 0 radical (unpaired) electrons. The van der Waals surface area contributed by atoms with Crippen molar-refractivity contribution in [3.8, 4) is 0 Å². The summed E-state index contributed by atoms with van der Waals surface area (Å²) in [6.45, 7) is 0.220. The second kappa shape index (κ2) is 5.05. The van der Waals surface area contributed by atoms with E-state index in [0.717, 1.165) is 9.80 Å². The van der Waals surface area contributed by atoms with Crippen molar-refractivity contribution in [2.75, 3.05) is 27.8 Å². The fourth-order valence-electron chi connectivity index (χ4n) is 1.59. The van der Waals surface area contributed by atoms with Crippen LogP contribution in [0.5, 0.6) is 0 Å². The zero-order valence-corrected chi connectivity index (χ0v) is 10.1. The zero-order valence-electron chi connectivity index (χ0n) is 10.1. The van der Waals surface area contributed by atoms with Crippen LogP contribution in [0.1, 0.15) is 6.42 Å². The van der Waals surface area contributed by atoms with Crippen molar-refractivity contribution in [1.82, 2.24) is 9.80 Å². The number of rotatable bonds is 4. The van der Waals surface area contributed by atoms with Gasteiger partial charge in [0.25, 0.3) is 11.7 Å². The highest BCUT2D eigenvalue weighted by Crippen LogP contribution is 2.16. The smallest absolute Gasteiger partial charge is 0.384 e. The standard InChI is InChI=1S/C10H15N3O4/c1-12-8(11)7(6(14)4-5-17-3)9(15)13(2)10(12)16/h7,11H,4-5H2,1-3H3/p+1. The molecule has 1 atom stereocenters. The SMILES string of the molecule is COCCC(=O)C1C(=[NH2+])N(C)C(=O)N(C)C1=O. The van der Waals surface area contributed by atoms with Crippen LogP contribution < -0.4 is 5.41 Å². The van der Waals surface area contributed by atoms with Crippen LogP contribution in [-0.4, -0.2) is 61.2 Å². The lowest BCUT2D eigenvalue weighted by Gasteiger charge is -2.28. The molecule has 1 fully saturated rings. The molecule has 0 bridgehead atoms. The maximum absolute atomic E-state index is 11.8. The minimum Gasteiger partial charge on any atom is -0.384 e. The lowest BCUT2D eigenvalue weighted by molar-refractivity contribution is -0.152. The summed E-state index contributed by atoms with van der Waals surface area (Å²) in [5.74, 6) is -2.05. The van der Waals surface area contributed by atoms with Gasteiger partial charge in [-0.1, -0.05) is 0 Å². The molecule has 1 heterocycles. The molecule has 1 unspecified atom stereocenters. The lowest BCUT2D eigenvalue weighted by Crippen LogP contribution is -2.67. The van der Waals surface area contributed by atoms with Crippen molar-refractivity contribution in [3.63, 3.8) is 0 Å². The second-order valence-corrected chi connectivity index (χ2v) is 3.81. The molecule has 0 aromatic heterocycles. The second-order valence-electron chi connectivity index (χ2n) is 3.81. The third-order valence-electron chi connectivity index (χ3n) is 2.71. The van der Waals surface area contributed by atoms with Gasteiger partial charge in [-0.2, -0.15) is 4.90 Å². The molecule has 1 aliphatic rings. The van der Waals surface area contributed by atoms with E-state index in [4.69, 9.17) is 10.1 Å². The summed E-state index contributed by atoms with van der Waals surface area (Å²) in [6, 6.07) is -0.539. The number of nitrogens with zero attached hydrogens (tertiary/aromatic N) is 2. The minimum atomic E-state index is -1.09. The number of methoxy groups -OCH3 is 1. The van der Waals surface area contributed by atoms with Crippen molar-refractivity contribution in [1.29, 1.82) is 0 Å². The Kier molecular flexibility index (Phi) is 3.95. The summed E-state index contributed by atoms with van der Waals surface area (Å²) in [6.07, 6.45) is 0.0868. The van der Waals surface area contributed by atoms with Crippen LogP contribution in [0.4, 0.5) is 4.79 Å². The zero-order chi connectivity index (χ0) is 13.2. The van der Waals surface area contributed by atoms with Gasteiger partial charge in [0.2, 0.25) is 0 Å². The predicted octanol–water partition coefficient (Wildman–Crippen LogP) is -2.11. The number of imide groups is 1. The van der Waals surface area contributed by atoms with E-state index in [0.29, 0.717) is 0 Å². The molecule has 17 heavy (non-hydrogen) atoms. The van der Waals surface area contributed by atoms with Crippen molar-refractivity contribution in [3.05, 3.63) is 0 Å². The normalized spacial score (nSPS) is 21.1. The number of urea groups is 1. The average molecular weight is 242 g/mol. The van der Waals surface area contributed by atoms with Gasteiger partial charge in [0.1, 0.15) is 0 Å². The Morgan fingerprint density at radius 2 is 1.94 bits per heavy atom. The first-order chi connectivity index (χ1) is 7.91. The highest BCUT2D eigenvalue weighted by Gasteiger charge is 2.48. The van der Waals surface area contributed by atoms with Crippen LogP contribution >= 0.6 is 0 Å². The number of hydrogen-bond donors (Lipinski definition) is 1. The molecule has 2 N–H and O–H groups in total. The van der Waals surface area contributed by atoms with Gasteiger partial charge in [-0.05, 0) is 0 Å². The van der Waals surface area contributed by atoms with Gasteiger partial charge in [-0.3, -0.25) is 15.0 Å². The molecule has 0 aromatic rings. The van der Waals surface area contributed by atoms with Crippen LogP contribution in [0.25, 0.3) is 0 Å². The number of hydrogen-bond acceptors (Lipinski definition) is 4. The van der Waals surface area contributed by atoms with E-state index in [1.165, 1.54) is 21.2 Å². The fraction of sp³-hybridized carbons (Fsp3) is 0.600. The van der Waals surface area contributed by atoms with E-state index in [1.807, 2.05) is 0 Å². The largest absolute Gasteiger partial charge is 0.417 e. The molecule has 1 saturated heterocycles. The summed E-state index contributed by atoms with van der Waals surface area (Å²) < 4.78 is 4.77. The molecule has 1 aliphatic heterocycles. The maximum Gasteiger partial charge on any atom is 0.417 e. The molecular formula is C10H16N3O4+. The van der Waals surface area contributed by atoms with Crippen molar-refractivity contribution >= 4 is 23.6 Å². The predicted molar refractivity (Wildman–Crippen MR) is 57.9 cm³/mol. The van der Waals surface area contributed by atoms with Crippen LogP contribution in [0.3, 0.4) is 0 Å². The number of amidine groups is 1. The molecule has 0 saturated carbocycles. The van der Waals surface area contributed by atoms with E-state index in [2.05, 4.69) is 0 Å². The molecule has 0 aromatic carbocycles. The quantitative estimate of drug-likeness (QED) is 0.571. The highest BCUT2D eigenvalue weighted by atomic mass is 16.5. The summed E-state index contributed by atoms with van der Waals surface area (Å²) in [7, 11) is 4.21. The Balaban J connectivity index is 2.90. The van der Waals surface area contributed by atoms with Crippen LogP contribution in [0.2, 0.25) is 0 Å². The fourth-order valence-corrected chi connectivity index (χ4v) is 1.59. The molecular weight excluding hydrogens is 226 g/mol. The van der Waals surface area contributed by atoms with Crippen molar-refractivity contribution in [2.45, 2.75) is 6.42 Å². The number of ether oxygens (including phenoxy) is 1. The molecule has 3 amide bonds. The Morgan fingerprint density at radius 3 is 2.47 bits per heavy atom. The lowest BCUT2D eigenvalue weighted by atomic mass is 9.96. The first kappa shape index (κ1) is 13.3. The van der Waals surface area contributed by atoms with Crippen molar-refractivity contribution in [2.24, 2.45) is 5.92 Å². The third-order valence-corrected chi connectivity index (χ3v) is 2.71. The number of amides is 3. The van der Waals surface area contributed by atoms with Gasteiger partial charge in [-0.25, -0.2) is 9.69 Å². The summed E-state index contributed by atoms with van der Waals surface area (Å²) in [4.78, 5) is 37.1. The Labute approximate surface area is 98.8 Å². The van der Waals surface area contributed by atoms with Gasteiger partial charge < -0.3 is 4.74 Å². The first-order valence-corrected chi connectivity index (χ1v) is 5.11. The molecule has 7 nitrogen and oxygen atoms in total. The summed E-state index contributed by atoms with van der Waals surface area (Å²) >= 11 is 0. The molecule has 7 heteroatoms. The van der Waals surface area contributed by atoms with Gasteiger partial charge in [0.15, 0.2) is 11.7 Å². The van der Waals surface area contributed by atoms with Gasteiger partial charge >= 0.3 is 6.03 Å². The molecule has 94 valence electrons. The monoisotopic (exact) mass is 242 g/mol. The summed E-state index contributed by atoms with van der Waals surface area (Å²) in [5.41, 5.74) is 0. The van der Waals surface area contributed by atoms with Crippen LogP contribution in [-0.2, 0) is 14.3 Å². The Bertz CT molecular complexity index is 356. The van der Waals surface area contributed by atoms with Gasteiger partial charge in [-0.15, -0.1) is 0 Å². The summed E-state index contributed by atoms with van der Waals surface area (Å²) in [5, 5.41) is 5.65. The first-order valence-electron chi connectivity index (χ1n) is 5.11. The van der Waals surface area contributed by atoms with Crippen molar-refractivity contribution < 1.29 is 24.5 Å². The van der Waals surface area contributed by atoms with E-state index >= 15 is 0 Å². The number of ketones is 1. The number of carbonyl (C=O) groups excluding carboxylic acids is 3. The molecule has 0 spiro atoms. The number of carbonyl (C=O) groups is 3. The van der Waals surface area contributed by atoms with E-state index in [-0.39, 0.29) is 24.6 Å². The molecule has 0 aliphatic carbocycles. The number of Topliss-reactive ketones (excluding diaryl/α,β-unsaturated/α-hetero) is 1. The van der Waals surface area contributed by atoms with Gasteiger partial charge in [0.05, 0.1) is 13.7 Å². The van der Waals surface area contributed by atoms with Crippen LogP contribution in [0.15, 0.2) is 0 Å². The molecule has 1 rings (SSSR count). The minimum absolute atomic E-state index is 0.0285. The highest BCUT2D eigenvalue weighted by molar-refractivity contribution is 6.26. The maximum atomic E-state index is 11.8. The Hall–Kier alpha value is -1.76. The van der Waals surface area contributed by atoms with E-state index in [1.54, 1.807) is 0 Å². The Morgan fingerprint density at radius 1 is 1.35 bits per heavy atom. The van der Waals surface area contributed by atoms with Gasteiger partial charge in [0, 0.05) is 20.6 Å². The average Bonchev–Trinajstić information content (AvgIpc) is 2.31.